The number of nitrogens with zero attached hydrogens (tertiary/aromatic N) is 3. The van der Waals surface area contributed by atoms with Crippen LogP contribution in [-0.2, 0) is 27.1 Å². The molecule has 0 bridgehead atoms. The van der Waals surface area contributed by atoms with Gasteiger partial charge in [0, 0.05) is 4.91 Å². The molecule has 3 aromatic carbocycles. The number of carbonyl (C=O) groups excluding carboxylic acids is 1. The first-order valence-electron chi connectivity index (χ1n) is 9.21. The van der Waals surface area contributed by atoms with Gasteiger partial charge in [0.05, 0.1) is 5.54 Å². The van der Waals surface area contributed by atoms with Crippen molar-refractivity contribution in [3.8, 4) is 0 Å². The largest absolute Gasteiger partial charge is 0.460 e. The Morgan fingerprint density at radius 2 is 1.59 bits per heavy atom. The molecule has 144 valence electrons. The molecule has 0 unspecified atom stereocenters. The number of halogens is 1. The Labute approximate surface area is 167 Å². The van der Waals surface area contributed by atoms with E-state index < -0.39 is 22.7 Å². The van der Waals surface area contributed by atoms with Crippen LogP contribution in [0.25, 0.3) is 10.4 Å². The Morgan fingerprint density at radius 3 is 2.21 bits per heavy atom. The molecule has 0 radical (unpaired) electrons. The van der Waals surface area contributed by atoms with Gasteiger partial charge in [-0.15, -0.1) is 0 Å². The van der Waals surface area contributed by atoms with Crippen LogP contribution in [0.15, 0.2) is 90.0 Å². The summed E-state index contributed by atoms with van der Waals surface area (Å²) in [7, 11) is 0. The highest BCUT2D eigenvalue weighted by molar-refractivity contribution is 5.91. The van der Waals surface area contributed by atoms with E-state index in [4.69, 9.17) is 4.74 Å². The van der Waals surface area contributed by atoms with E-state index >= 15 is 0 Å². The Morgan fingerprint density at radius 1 is 0.966 bits per heavy atom. The highest BCUT2D eigenvalue weighted by atomic mass is 19.1. The van der Waals surface area contributed by atoms with Crippen molar-refractivity contribution in [1.29, 1.82) is 0 Å². The zero-order chi connectivity index (χ0) is 20.3. The maximum atomic E-state index is 13.5. The van der Waals surface area contributed by atoms with Crippen molar-refractivity contribution >= 4 is 5.97 Å². The number of hydrogen-bond acceptors (Lipinski definition) is 3. The standard InChI is InChI=1S/C23H18FN3O2/c24-20-13-11-19(12-14-20)23(26-27-25)16-22(23,18-9-5-2-6-10-18)21(28)29-15-17-7-3-1-4-8-17/h1-14H,15-16H2/t22-,23-/m1/s1. The summed E-state index contributed by atoms with van der Waals surface area (Å²) in [6.07, 6.45) is 0.257. The number of ether oxygens (including phenoxy) is 1. The first-order chi connectivity index (χ1) is 14.1. The highest BCUT2D eigenvalue weighted by Gasteiger charge is 2.74. The predicted octanol–water partition coefficient (Wildman–Crippen LogP) is 5.42. The molecule has 4 rings (SSSR count). The molecule has 1 aliphatic rings. The Balaban J connectivity index is 1.75. The molecule has 0 amide bonds. The lowest BCUT2D eigenvalue weighted by Crippen LogP contribution is -2.31. The normalized spacial score (nSPS) is 22.4. The van der Waals surface area contributed by atoms with Crippen molar-refractivity contribution < 1.29 is 13.9 Å². The smallest absolute Gasteiger partial charge is 0.317 e. The monoisotopic (exact) mass is 387 g/mol. The molecule has 0 heterocycles. The third kappa shape index (κ3) is 3.13. The van der Waals surface area contributed by atoms with Gasteiger partial charge in [0.1, 0.15) is 17.8 Å². The lowest BCUT2D eigenvalue weighted by atomic mass is 9.87. The third-order valence-corrected chi connectivity index (χ3v) is 5.47. The fourth-order valence-corrected chi connectivity index (χ4v) is 3.94. The second kappa shape index (κ2) is 7.41. The fraction of sp³-hybridized carbons (Fsp3) is 0.174. The summed E-state index contributed by atoms with van der Waals surface area (Å²) in [5.74, 6) is -0.869. The van der Waals surface area contributed by atoms with Crippen LogP contribution >= 0.6 is 0 Å². The minimum Gasteiger partial charge on any atom is -0.460 e. The van der Waals surface area contributed by atoms with Gasteiger partial charge in [-0.2, -0.15) is 0 Å². The maximum absolute atomic E-state index is 13.5. The van der Waals surface area contributed by atoms with E-state index in [9.17, 15) is 14.7 Å². The van der Waals surface area contributed by atoms with Crippen molar-refractivity contribution in [2.75, 3.05) is 0 Å². The molecule has 29 heavy (non-hydrogen) atoms. The summed E-state index contributed by atoms with van der Waals surface area (Å²) in [6, 6.07) is 24.2. The van der Waals surface area contributed by atoms with Gasteiger partial charge in [0.2, 0.25) is 0 Å². The van der Waals surface area contributed by atoms with Gasteiger partial charge in [0.25, 0.3) is 0 Å². The number of rotatable bonds is 6. The molecule has 1 saturated carbocycles. The molecular weight excluding hydrogens is 369 g/mol. The van der Waals surface area contributed by atoms with Crippen LogP contribution in [0, 0.1) is 5.82 Å². The van der Waals surface area contributed by atoms with E-state index in [2.05, 4.69) is 10.0 Å². The van der Waals surface area contributed by atoms with Gasteiger partial charge < -0.3 is 4.74 Å². The van der Waals surface area contributed by atoms with Crippen molar-refractivity contribution in [1.82, 2.24) is 0 Å². The first kappa shape index (κ1) is 18.7. The summed E-state index contributed by atoms with van der Waals surface area (Å²) in [4.78, 5) is 16.4. The van der Waals surface area contributed by atoms with E-state index in [0.717, 1.165) is 5.56 Å². The molecule has 0 spiro atoms. The molecular formula is C23H18FN3O2. The SMILES string of the molecule is [N-]=[N+]=N[C@@]1(c2ccc(F)cc2)C[C@]1(C(=O)OCc1ccccc1)c1ccccc1. The van der Waals surface area contributed by atoms with Crippen LogP contribution in [0.4, 0.5) is 4.39 Å². The first-order valence-corrected chi connectivity index (χ1v) is 9.21. The van der Waals surface area contributed by atoms with Crippen LogP contribution < -0.4 is 0 Å². The molecule has 0 saturated heterocycles. The molecule has 1 fully saturated rings. The summed E-state index contributed by atoms with van der Waals surface area (Å²) in [6.45, 7) is 0.115. The van der Waals surface area contributed by atoms with E-state index in [1.807, 2.05) is 60.7 Å². The number of carbonyl (C=O) groups is 1. The van der Waals surface area contributed by atoms with Gasteiger partial charge in [-0.05, 0) is 40.8 Å². The molecule has 1 aliphatic carbocycles. The van der Waals surface area contributed by atoms with Crippen LogP contribution in [0.3, 0.4) is 0 Å². The molecule has 2 atom stereocenters. The zero-order valence-corrected chi connectivity index (χ0v) is 15.5. The van der Waals surface area contributed by atoms with Gasteiger partial charge in [0.15, 0.2) is 0 Å². The number of benzene rings is 3. The second-order valence-electron chi connectivity index (χ2n) is 7.07. The zero-order valence-electron chi connectivity index (χ0n) is 15.5. The van der Waals surface area contributed by atoms with Crippen LogP contribution in [0.2, 0.25) is 0 Å². The van der Waals surface area contributed by atoms with E-state index in [1.54, 1.807) is 12.1 Å². The lowest BCUT2D eigenvalue weighted by molar-refractivity contribution is -0.148. The number of azide groups is 1. The van der Waals surface area contributed by atoms with Crippen molar-refractivity contribution in [2.45, 2.75) is 24.0 Å². The fourth-order valence-electron chi connectivity index (χ4n) is 3.94. The summed E-state index contributed by atoms with van der Waals surface area (Å²) in [5.41, 5.74) is 9.08. The summed E-state index contributed by atoms with van der Waals surface area (Å²) < 4.78 is 19.1. The van der Waals surface area contributed by atoms with Crippen molar-refractivity contribution in [3.63, 3.8) is 0 Å². The number of esters is 1. The Bertz CT molecular complexity index is 1070. The quantitative estimate of drug-likeness (QED) is 0.245. The molecule has 0 aromatic heterocycles. The van der Waals surface area contributed by atoms with Crippen LogP contribution in [-0.4, -0.2) is 5.97 Å². The van der Waals surface area contributed by atoms with E-state index in [1.165, 1.54) is 12.1 Å². The van der Waals surface area contributed by atoms with Crippen molar-refractivity contribution in [3.05, 3.63) is 118 Å². The Hall–Kier alpha value is -3.63. The number of hydrogen-bond donors (Lipinski definition) is 0. The van der Waals surface area contributed by atoms with E-state index in [-0.39, 0.29) is 13.0 Å². The van der Waals surface area contributed by atoms with E-state index in [0.29, 0.717) is 11.1 Å². The lowest BCUT2D eigenvalue weighted by Gasteiger charge is -2.22. The maximum Gasteiger partial charge on any atom is 0.317 e. The van der Waals surface area contributed by atoms with Gasteiger partial charge in [-0.1, -0.05) is 77.9 Å². The van der Waals surface area contributed by atoms with Gasteiger partial charge in [-0.25, -0.2) is 4.39 Å². The Kier molecular flexibility index (Phi) is 4.79. The van der Waals surface area contributed by atoms with Gasteiger partial charge in [-0.3, -0.25) is 4.79 Å². The predicted molar refractivity (Wildman–Crippen MR) is 106 cm³/mol. The molecule has 5 nitrogen and oxygen atoms in total. The minimum atomic E-state index is -1.16. The average molecular weight is 387 g/mol. The van der Waals surface area contributed by atoms with Crippen molar-refractivity contribution in [2.24, 2.45) is 5.11 Å². The minimum absolute atomic E-state index is 0.115. The highest BCUT2D eigenvalue weighted by Crippen LogP contribution is 2.67. The molecule has 3 aromatic rings. The van der Waals surface area contributed by atoms with Gasteiger partial charge >= 0.3 is 5.97 Å². The van der Waals surface area contributed by atoms with Crippen LogP contribution in [0.5, 0.6) is 0 Å². The molecule has 0 N–H and O–H groups in total. The summed E-state index contributed by atoms with van der Waals surface area (Å²) in [5, 5.41) is 4.03. The molecule has 6 heteroatoms. The molecule has 0 aliphatic heterocycles. The second-order valence-corrected chi connectivity index (χ2v) is 7.07. The third-order valence-electron chi connectivity index (χ3n) is 5.47. The topological polar surface area (TPSA) is 75.1 Å². The average Bonchev–Trinajstić information content (AvgIpc) is 3.45. The summed E-state index contributed by atoms with van der Waals surface area (Å²) >= 11 is 0. The van der Waals surface area contributed by atoms with Crippen LogP contribution in [0.1, 0.15) is 23.1 Å².